The lowest BCUT2D eigenvalue weighted by Crippen LogP contribution is -2.36. The van der Waals surface area contributed by atoms with Crippen LogP contribution in [0.15, 0.2) is 48.5 Å². The maximum Gasteiger partial charge on any atom is 0.231 e. The summed E-state index contributed by atoms with van der Waals surface area (Å²) in [5.41, 5.74) is 2.59. The van der Waals surface area contributed by atoms with E-state index in [9.17, 15) is 0 Å². The molecule has 2 aliphatic heterocycles. The highest BCUT2D eigenvalue weighted by molar-refractivity contribution is 7.99. The van der Waals surface area contributed by atoms with Crippen molar-refractivity contribution in [3.63, 3.8) is 0 Å². The second kappa shape index (κ2) is 5.53. The molecule has 0 aromatic heterocycles. The molecule has 21 heavy (non-hydrogen) atoms. The smallest absolute Gasteiger partial charge is 0.231 e. The molecular weight excluding hydrogens is 282 g/mol. The maximum atomic E-state index is 5.52. The van der Waals surface area contributed by atoms with Gasteiger partial charge in [-0.3, -0.25) is 0 Å². The van der Waals surface area contributed by atoms with Crippen LogP contribution < -0.4 is 14.4 Å². The van der Waals surface area contributed by atoms with Crippen LogP contribution in [0.3, 0.4) is 0 Å². The SMILES string of the molecule is c1ccc(C2CSCCN2c2ccc3c(c2)OCO3)cc1. The number of hydrogen-bond donors (Lipinski definition) is 0. The number of ether oxygens (including phenoxy) is 2. The van der Waals surface area contributed by atoms with Gasteiger partial charge in [-0.25, -0.2) is 0 Å². The molecule has 4 rings (SSSR count). The molecule has 108 valence electrons. The zero-order valence-corrected chi connectivity index (χ0v) is 12.5. The number of rotatable bonds is 2. The molecule has 0 saturated carbocycles. The molecular formula is C17H17NO2S. The van der Waals surface area contributed by atoms with Gasteiger partial charge >= 0.3 is 0 Å². The fraction of sp³-hybridized carbons (Fsp3) is 0.294. The second-order valence-electron chi connectivity index (χ2n) is 5.23. The number of anilines is 1. The van der Waals surface area contributed by atoms with Crippen molar-refractivity contribution in [2.75, 3.05) is 29.7 Å². The van der Waals surface area contributed by atoms with Gasteiger partial charge in [-0.15, -0.1) is 0 Å². The highest BCUT2D eigenvalue weighted by Gasteiger charge is 2.26. The second-order valence-corrected chi connectivity index (χ2v) is 6.38. The standard InChI is InChI=1S/C17H17NO2S/c1-2-4-13(5-3-1)15-11-21-9-8-18(15)14-6-7-16-17(10-14)20-12-19-16/h1-7,10,15H,8-9,11-12H2. The molecule has 0 amide bonds. The van der Waals surface area contributed by atoms with Gasteiger partial charge in [0.05, 0.1) is 6.04 Å². The first kappa shape index (κ1) is 12.9. The monoisotopic (exact) mass is 299 g/mol. The molecule has 3 nitrogen and oxygen atoms in total. The average molecular weight is 299 g/mol. The molecule has 1 atom stereocenters. The summed E-state index contributed by atoms with van der Waals surface area (Å²) in [6, 6.07) is 17.4. The van der Waals surface area contributed by atoms with Gasteiger partial charge in [0, 0.05) is 29.8 Å². The van der Waals surface area contributed by atoms with Gasteiger partial charge in [0.1, 0.15) is 0 Å². The van der Waals surface area contributed by atoms with Gasteiger partial charge < -0.3 is 14.4 Å². The van der Waals surface area contributed by atoms with Crippen LogP contribution in [0.4, 0.5) is 5.69 Å². The average Bonchev–Trinajstić information content (AvgIpc) is 3.03. The molecule has 1 saturated heterocycles. The zero-order valence-electron chi connectivity index (χ0n) is 11.7. The van der Waals surface area contributed by atoms with Crippen LogP contribution in [0.2, 0.25) is 0 Å². The summed E-state index contributed by atoms with van der Waals surface area (Å²) in [4.78, 5) is 2.48. The van der Waals surface area contributed by atoms with Crippen molar-refractivity contribution in [3.8, 4) is 11.5 Å². The van der Waals surface area contributed by atoms with Crippen molar-refractivity contribution >= 4 is 17.4 Å². The van der Waals surface area contributed by atoms with E-state index in [2.05, 4.69) is 47.4 Å². The van der Waals surface area contributed by atoms with Crippen molar-refractivity contribution in [2.45, 2.75) is 6.04 Å². The van der Waals surface area contributed by atoms with E-state index in [0.717, 1.165) is 29.5 Å². The number of fused-ring (bicyclic) bond motifs is 1. The summed E-state index contributed by atoms with van der Waals surface area (Å²) < 4.78 is 10.9. The predicted molar refractivity (Wildman–Crippen MR) is 86.4 cm³/mol. The Morgan fingerprint density at radius 3 is 2.76 bits per heavy atom. The van der Waals surface area contributed by atoms with Crippen LogP contribution in [0, 0.1) is 0 Å². The summed E-state index contributed by atoms with van der Waals surface area (Å²) >= 11 is 2.02. The number of benzene rings is 2. The molecule has 2 aliphatic rings. The van der Waals surface area contributed by atoms with Gasteiger partial charge in [0.25, 0.3) is 0 Å². The van der Waals surface area contributed by atoms with E-state index in [4.69, 9.17) is 9.47 Å². The Kier molecular flexibility index (Phi) is 3.39. The van der Waals surface area contributed by atoms with Gasteiger partial charge in [-0.05, 0) is 17.7 Å². The third-order valence-electron chi connectivity index (χ3n) is 4.00. The van der Waals surface area contributed by atoms with Crippen LogP contribution in [0.1, 0.15) is 11.6 Å². The van der Waals surface area contributed by atoms with Crippen LogP contribution in [0.25, 0.3) is 0 Å². The lowest BCUT2D eigenvalue weighted by molar-refractivity contribution is 0.174. The van der Waals surface area contributed by atoms with E-state index in [1.54, 1.807) is 0 Å². The lowest BCUT2D eigenvalue weighted by atomic mass is 10.1. The summed E-state index contributed by atoms with van der Waals surface area (Å²) in [5.74, 6) is 4.00. The molecule has 4 heteroatoms. The van der Waals surface area contributed by atoms with E-state index >= 15 is 0 Å². The van der Waals surface area contributed by atoms with Crippen molar-refractivity contribution in [3.05, 3.63) is 54.1 Å². The summed E-state index contributed by atoms with van der Waals surface area (Å²) in [7, 11) is 0. The topological polar surface area (TPSA) is 21.7 Å². The molecule has 0 radical (unpaired) electrons. The predicted octanol–water partition coefficient (Wildman–Crippen LogP) is 3.71. The molecule has 1 fully saturated rings. The molecule has 0 spiro atoms. The van der Waals surface area contributed by atoms with Crippen LogP contribution in [-0.4, -0.2) is 24.8 Å². The van der Waals surface area contributed by atoms with Crippen LogP contribution in [-0.2, 0) is 0 Å². The fourth-order valence-electron chi connectivity index (χ4n) is 2.93. The molecule has 2 aromatic carbocycles. The Morgan fingerprint density at radius 2 is 1.86 bits per heavy atom. The van der Waals surface area contributed by atoms with Crippen molar-refractivity contribution in [1.82, 2.24) is 0 Å². The van der Waals surface area contributed by atoms with E-state index in [1.807, 2.05) is 17.8 Å². The normalized spacial score (nSPS) is 20.6. The van der Waals surface area contributed by atoms with Crippen LogP contribution >= 0.6 is 11.8 Å². The minimum atomic E-state index is 0.330. The van der Waals surface area contributed by atoms with Gasteiger partial charge in [-0.2, -0.15) is 11.8 Å². The van der Waals surface area contributed by atoms with Gasteiger partial charge in [0.15, 0.2) is 11.5 Å². The minimum absolute atomic E-state index is 0.330. The minimum Gasteiger partial charge on any atom is -0.454 e. The number of nitrogens with zero attached hydrogens (tertiary/aromatic N) is 1. The molecule has 1 unspecified atom stereocenters. The largest absolute Gasteiger partial charge is 0.454 e. The Morgan fingerprint density at radius 1 is 1.00 bits per heavy atom. The van der Waals surface area contributed by atoms with E-state index < -0.39 is 0 Å². The lowest BCUT2D eigenvalue weighted by Gasteiger charge is -2.37. The van der Waals surface area contributed by atoms with E-state index in [1.165, 1.54) is 11.3 Å². The quantitative estimate of drug-likeness (QED) is 0.842. The highest BCUT2D eigenvalue weighted by Crippen LogP contribution is 2.39. The Balaban J connectivity index is 1.68. The molecule has 0 N–H and O–H groups in total. The molecule has 2 aromatic rings. The Labute approximate surface area is 128 Å². The summed E-state index contributed by atoms with van der Waals surface area (Å²) in [5, 5.41) is 0. The summed E-state index contributed by atoms with van der Waals surface area (Å²) in [6.45, 7) is 1.39. The van der Waals surface area contributed by atoms with E-state index in [0.29, 0.717) is 12.8 Å². The molecule has 2 heterocycles. The Hall–Kier alpha value is -1.81. The fourth-order valence-corrected chi connectivity index (χ4v) is 4.02. The Bertz CT molecular complexity index is 632. The third kappa shape index (κ3) is 2.44. The maximum absolute atomic E-state index is 5.52. The number of thioether (sulfide) groups is 1. The van der Waals surface area contributed by atoms with Gasteiger partial charge in [0.2, 0.25) is 6.79 Å². The van der Waals surface area contributed by atoms with Crippen molar-refractivity contribution in [2.24, 2.45) is 0 Å². The van der Waals surface area contributed by atoms with Crippen molar-refractivity contribution < 1.29 is 9.47 Å². The van der Waals surface area contributed by atoms with Gasteiger partial charge in [-0.1, -0.05) is 30.3 Å². The first-order valence-electron chi connectivity index (χ1n) is 7.21. The van der Waals surface area contributed by atoms with E-state index in [-0.39, 0.29) is 0 Å². The number of hydrogen-bond acceptors (Lipinski definition) is 4. The highest BCUT2D eigenvalue weighted by atomic mass is 32.2. The first-order chi connectivity index (χ1) is 10.4. The van der Waals surface area contributed by atoms with Crippen LogP contribution in [0.5, 0.6) is 11.5 Å². The molecule has 0 bridgehead atoms. The van der Waals surface area contributed by atoms with Crippen molar-refractivity contribution in [1.29, 1.82) is 0 Å². The third-order valence-corrected chi connectivity index (χ3v) is 5.02. The summed E-state index contributed by atoms with van der Waals surface area (Å²) in [6.07, 6.45) is 0. The first-order valence-corrected chi connectivity index (χ1v) is 8.36. The molecule has 0 aliphatic carbocycles. The zero-order chi connectivity index (χ0) is 14.1.